The summed E-state index contributed by atoms with van der Waals surface area (Å²) < 4.78 is 1.59. The first-order valence-corrected chi connectivity index (χ1v) is 11.2. The fraction of sp³-hybridized carbons (Fsp3) is 0.269. The third-order valence-corrected chi connectivity index (χ3v) is 5.56. The standard InChI is InChI=1S/C24H23N5O.C2H6/c30-24(29-17-23(25-18-29)19-6-2-1-3-7-19)28-14-12-27(13-15-28)16-21-11-10-20-8-4-5-9-22(20)26-21;1-2/h1-11,17-18H,12-16H2;1-2H3. The third kappa shape index (κ3) is 4.86. The van der Waals surface area contributed by atoms with Crippen LogP contribution in [0.15, 0.2) is 79.3 Å². The quantitative estimate of drug-likeness (QED) is 0.466. The Morgan fingerprint density at radius 2 is 1.59 bits per heavy atom. The Balaban J connectivity index is 0.00000119. The van der Waals surface area contributed by atoms with Gasteiger partial charge in [0.1, 0.15) is 6.33 Å². The summed E-state index contributed by atoms with van der Waals surface area (Å²) >= 11 is 0. The van der Waals surface area contributed by atoms with Gasteiger partial charge in [0.15, 0.2) is 0 Å². The molecule has 0 unspecified atom stereocenters. The molecular formula is C26H29N5O. The number of pyridine rings is 1. The molecule has 1 amide bonds. The van der Waals surface area contributed by atoms with Crippen LogP contribution in [0.3, 0.4) is 0 Å². The van der Waals surface area contributed by atoms with Gasteiger partial charge in [-0.1, -0.05) is 68.4 Å². The highest BCUT2D eigenvalue weighted by Crippen LogP contribution is 2.17. The van der Waals surface area contributed by atoms with Crippen LogP contribution >= 0.6 is 0 Å². The summed E-state index contributed by atoms with van der Waals surface area (Å²) in [7, 11) is 0. The molecule has 1 saturated heterocycles. The minimum Gasteiger partial charge on any atom is -0.321 e. The van der Waals surface area contributed by atoms with Crippen LogP contribution in [0.4, 0.5) is 4.79 Å². The molecule has 2 aromatic heterocycles. The van der Waals surface area contributed by atoms with Gasteiger partial charge in [0.2, 0.25) is 0 Å². The second-order valence-corrected chi connectivity index (χ2v) is 7.57. The number of hydrogen-bond acceptors (Lipinski definition) is 4. The van der Waals surface area contributed by atoms with Crippen molar-refractivity contribution in [2.24, 2.45) is 0 Å². The van der Waals surface area contributed by atoms with E-state index in [2.05, 4.69) is 28.1 Å². The van der Waals surface area contributed by atoms with Crippen molar-refractivity contribution in [1.29, 1.82) is 0 Å². The summed E-state index contributed by atoms with van der Waals surface area (Å²) in [6.07, 6.45) is 3.42. The van der Waals surface area contributed by atoms with Crippen molar-refractivity contribution in [1.82, 2.24) is 24.3 Å². The zero-order valence-corrected chi connectivity index (χ0v) is 18.7. The fourth-order valence-electron chi connectivity index (χ4n) is 3.87. The summed E-state index contributed by atoms with van der Waals surface area (Å²) in [6.45, 7) is 7.87. The number of imidazole rings is 1. The number of aromatic nitrogens is 3. The first-order valence-electron chi connectivity index (χ1n) is 11.2. The van der Waals surface area contributed by atoms with Crippen LogP contribution in [0.25, 0.3) is 22.2 Å². The lowest BCUT2D eigenvalue weighted by Gasteiger charge is -2.34. The van der Waals surface area contributed by atoms with Gasteiger partial charge in [0, 0.05) is 49.9 Å². The highest BCUT2D eigenvalue weighted by molar-refractivity contribution is 5.79. The van der Waals surface area contributed by atoms with Crippen molar-refractivity contribution in [3.8, 4) is 11.3 Å². The number of hydrogen-bond donors (Lipinski definition) is 0. The van der Waals surface area contributed by atoms with Crippen molar-refractivity contribution >= 4 is 16.9 Å². The Bertz CT molecular complexity index is 1160. The second kappa shape index (κ2) is 10.2. The summed E-state index contributed by atoms with van der Waals surface area (Å²) in [5.41, 5.74) is 3.91. The van der Waals surface area contributed by atoms with E-state index in [1.165, 1.54) is 0 Å². The second-order valence-electron chi connectivity index (χ2n) is 7.57. The Hall–Kier alpha value is -3.51. The molecule has 5 rings (SSSR count). The maximum Gasteiger partial charge on any atom is 0.329 e. The van der Waals surface area contributed by atoms with Crippen molar-refractivity contribution in [2.75, 3.05) is 26.2 Å². The van der Waals surface area contributed by atoms with Crippen molar-refractivity contribution in [3.05, 3.63) is 84.9 Å². The topological polar surface area (TPSA) is 54.3 Å². The summed E-state index contributed by atoms with van der Waals surface area (Å²) in [6, 6.07) is 22.3. The number of piperazine rings is 1. The van der Waals surface area contributed by atoms with Crippen molar-refractivity contribution in [3.63, 3.8) is 0 Å². The zero-order valence-electron chi connectivity index (χ0n) is 18.7. The fourth-order valence-corrected chi connectivity index (χ4v) is 3.87. The van der Waals surface area contributed by atoms with Gasteiger partial charge in [-0.25, -0.2) is 9.78 Å². The number of para-hydroxylation sites is 1. The maximum absolute atomic E-state index is 12.9. The number of carbonyl (C=O) groups is 1. The molecule has 1 fully saturated rings. The van der Waals surface area contributed by atoms with E-state index in [0.29, 0.717) is 13.1 Å². The number of carbonyl (C=O) groups excluding carboxylic acids is 1. The van der Waals surface area contributed by atoms with E-state index in [0.717, 1.165) is 47.5 Å². The predicted molar refractivity (Wildman–Crippen MR) is 128 cm³/mol. The van der Waals surface area contributed by atoms with E-state index >= 15 is 0 Å². The minimum absolute atomic E-state index is 0.0202. The number of fused-ring (bicyclic) bond motifs is 1. The van der Waals surface area contributed by atoms with Gasteiger partial charge < -0.3 is 4.90 Å². The van der Waals surface area contributed by atoms with E-state index in [-0.39, 0.29) is 6.03 Å². The van der Waals surface area contributed by atoms with E-state index in [4.69, 9.17) is 4.98 Å². The third-order valence-electron chi connectivity index (χ3n) is 5.56. The molecule has 0 aliphatic carbocycles. The molecule has 0 saturated carbocycles. The summed E-state index contributed by atoms with van der Waals surface area (Å²) in [5.74, 6) is 0. The maximum atomic E-state index is 12.9. The molecule has 6 nitrogen and oxygen atoms in total. The lowest BCUT2D eigenvalue weighted by Crippen LogP contribution is -2.49. The Morgan fingerprint density at radius 1 is 0.875 bits per heavy atom. The molecule has 2 aromatic carbocycles. The van der Waals surface area contributed by atoms with Crippen LogP contribution in [0.2, 0.25) is 0 Å². The zero-order chi connectivity index (χ0) is 22.3. The van der Waals surface area contributed by atoms with Crippen LogP contribution in [0.1, 0.15) is 19.5 Å². The number of benzene rings is 2. The van der Waals surface area contributed by atoms with E-state index in [1.54, 1.807) is 10.9 Å². The molecule has 32 heavy (non-hydrogen) atoms. The molecular weight excluding hydrogens is 398 g/mol. The minimum atomic E-state index is -0.0202. The predicted octanol–water partition coefficient (Wildman–Crippen LogP) is 4.91. The van der Waals surface area contributed by atoms with Crippen LogP contribution in [0, 0.1) is 0 Å². The average molecular weight is 428 g/mol. The van der Waals surface area contributed by atoms with E-state index < -0.39 is 0 Å². The number of amides is 1. The van der Waals surface area contributed by atoms with Gasteiger partial charge in [0.25, 0.3) is 0 Å². The molecule has 4 aromatic rings. The first kappa shape index (κ1) is 21.7. The highest BCUT2D eigenvalue weighted by atomic mass is 16.2. The summed E-state index contributed by atoms with van der Waals surface area (Å²) in [5, 5.41) is 1.16. The molecule has 1 aliphatic heterocycles. The molecule has 3 heterocycles. The lowest BCUT2D eigenvalue weighted by atomic mass is 10.2. The van der Waals surface area contributed by atoms with Gasteiger partial charge >= 0.3 is 6.03 Å². The van der Waals surface area contributed by atoms with Crippen molar-refractivity contribution in [2.45, 2.75) is 20.4 Å². The molecule has 0 N–H and O–H groups in total. The number of nitrogens with zero attached hydrogens (tertiary/aromatic N) is 5. The smallest absolute Gasteiger partial charge is 0.321 e. The van der Waals surface area contributed by atoms with Crippen molar-refractivity contribution < 1.29 is 4.79 Å². The first-order chi connectivity index (χ1) is 15.8. The van der Waals surface area contributed by atoms with Gasteiger partial charge in [-0.2, -0.15) is 0 Å². The monoisotopic (exact) mass is 427 g/mol. The Labute approximate surface area is 189 Å². The van der Waals surface area contributed by atoms with Gasteiger partial charge in [0.05, 0.1) is 16.9 Å². The summed E-state index contributed by atoms with van der Waals surface area (Å²) in [4.78, 5) is 26.3. The van der Waals surface area contributed by atoms with E-state index in [9.17, 15) is 4.79 Å². The van der Waals surface area contributed by atoms with E-state index in [1.807, 2.05) is 73.5 Å². The number of rotatable bonds is 3. The van der Waals surface area contributed by atoms with Gasteiger partial charge in [-0.3, -0.25) is 14.5 Å². The molecule has 0 atom stereocenters. The molecule has 0 radical (unpaired) electrons. The highest BCUT2D eigenvalue weighted by Gasteiger charge is 2.23. The average Bonchev–Trinajstić information content (AvgIpc) is 3.36. The van der Waals surface area contributed by atoms with Gasteiger partial charge in [-0.15, -0.1) is 0 Å². The molecule has 0 spiro atoms. The molecule has 1 aliphatic rings. The Morgan fingerprint density at radius 3 is 2.38 bits per heavy atom. The largest absolute Gasteiger partial charge is 0.329 e. The van der Waals surface area contributed by atoms with Crippen LogP contribution in [0.5, 0.6) is 0 Å². The van der Waals surface area contributed by atoms with Gasteiger partial charge in [-0.05, 0) is 12.1 Å². The molecule has 164 valence electrons. The molecule has 6 heteroatoms. The van der Waals surface area contributed by atoms with Crippen LogP contribution < -0.4 is 0 Å². The SMILES string of the molecule is CC.O=C(N1CCN(Cc2ccc3ccccc3n2)CC1)n1cnc(-c2ccccc2)c1. The lowest BCUT2D eigenvalue weighted by molar-refractivity contribution is 0.135. The normalized spacial score (nSPS) is 14.1. The molecule has 0 bridgehead atoms. The van der Waals surface area contributed by atoms with Crippen LogP contribution in [-0.2, 0) is 6.54 Å². The Kier molecular flexibility index (Phi) is 6.92. The van der Waals surface area contributed by atoms with Crippen LogP contribution in [-0.4, -0.2) is 56.5 Å².